The Kier molecular flexibility index (Phi) is 3.72. The predicted molar refractivity (Wildman–Crippen MR) is 82.4 cm³/mol. The van der Waals surface area contributed by atoms with Crippen molar-refractivity contribution in [3.05, 3.63) is 52.7 Å². The van der Waals surface area contributed by atoms with Crippen LogP contribution in [0.4, 0.5) is 0 Å². The molecule has 1 aromatic carbocycles. The summed E-state index contributed by atoms with van der Waals surface area (Å²) in [6.07, 6.45) is 0.773. The fourth-order valence-electron chi connectivity index (χ4n) is 2.13. The SMILES string of the molecule is Cc1[nH]ncc1C(=O)NC[C@H](O)c1cc2ccccc2s1. The molecule has 0 radical (unpaired) electrons. The van der Waals surface area contributed by atoms with Crippen LogP contribution in [0.3, 0.4) is 0 Å². The largest absolute Gasteiger partial charge is 0.386 e. The molecule has 0 saturated heterocycles. The maximum Gasteiger partial charge on any atom is 0.254 e. The van der Waals surface area contributed by atoms with Gasteiger partial charge in [0.2, 0.25) is 0 Å². The number of nitrogens with one attached hydrogen (secondary N) is 2. The van der Waals surface area contributed by atoms with Gasteiger partial charge in [-0.1, -0.05) is 18.2 Å². The molecule has 0 saturated carbocycles. The van der Waals surface area contributed by atoms with E-state index in [1.165, 1.54) is 17.5 Å². The Labute approximate surface area is 125 Å². The number of fused-ring (bicyclic) bond motifs is 1. The van der Waals surface area contributed by atoms with Crippen LogP contribution in [0, 0.1) is 6.92 Å². The van der Waals surface area contributed by atoms with E-state index in [1.54, 1.807) is 6.92 Å². The van der Waals surface area contributed by atoms with E-state index in [9.17, 15) is 9.90 Å². The molecule has 0 aliphatic heterocycles. The Morgan fingerprint density at radius 2 is 2.29 bits per heavy atom. The number of nitrogens with zero attached hydrogens (tertiary/aromatic N) is 1. The summed E-state index contributed by atoms with van der Waals surface area (Å²) in [7, 11) is 0. The van der Waals surface area contributed by atoms with E-state index in [0.29, 0.717) is 11.3 Å². The van der Waals surface area contributed by atoms with Crippen LogP contribution in [0.5, 0.6) is 0 Å². The van der Waals surface area contributed by atoms with Crippen LogP contribution < -0.4 is 5.32 Å². The van der Waals surface area contributed by atoms with Crippen molar-refractivity contribution in [1.29, 1.82) is 0 Å². The third-order valence-electron chi connectivity index (χ3n) is 3.30. The van der Waals surface area contributed by atoms with E-state index in [-0.39, 0.29) is 12.5 Å². The minimum absolute atomic E-state index is 0.177. The van der Waals surface area contributed by atoms with E-state index >= 15 is 0 Å². The van der Waals surface area contributed by atoms with Crippen molar-refractivity contribution < 1.29 is 9.90 Å². The molecule has 2 heterocycles. The van der Waals surface area contributed by atoms with E-state index in [1.807, 2.05) is 30.3 Å². The van der Waals surface area contributed by atoms with Crippen molar-refractivity contribution in [3.8, 4) is 0 Å². The number of aliphatic hydroxyl groups is 1. The lowest BCUT2D eigenvalue weighted by atomic mass is 10.2. The Morgan fingerprint density at radius 1 is 1.48 bits per heavy atom. The summed E-state index contributed by atoms with van der Waals surface area (Å²) in [5.74, 6) is -0.235. The van der Waals surface area contributed by atoms with Gasteiger partial charge in [-0.05, 0) is 24.4 Å². The van der Waals surface area contributed by atoms with Gasteiger partial charge in [-0.2, -0.15) is 5.10 Å². The van der Waals surface area contributed by atoms with Crippen molar-refractivity contribution >= 4 is 27.3 Å². The summed E-state index contributed by atoms with van der Waals surface area (Å²) < 4.78 is 1.13. The van der Waals surface area contributed by atoms with Crippen molar-refractivity contribution in [2.45, 2.75) is 13.0 Å². The number of benzene rings is 1. The molecule has 108 valence electrons. The molecule has 0 bridgehead atoms. The molecule has 1 atom stereocenters. The zero-order valence-electron chi connectivity index (χ0n) is 11.5. The summed E-state index contributed by atoms with van der Waals surface area (Å²) in [6, 6.07) is 9.92. The third kappa shape index (κ3) is 2.81. The number of rotatable bonds is 4. The highest BCUT2D eigenvalue weighted by Crippen LogP contribution is 2.29. The second-order valence-corrected chi connectivity index (χ2v) is 5.94. The number of hydrogen-bond acceptors (Lipinski definition) is 4. The summed E-state index contributed by atoms with van der Waals surface area (Å²) in [6.45, 7) is 1.96. The van der Waals surface area contributed by atoms with Crippen LogP contribution in [-0.2, 0) is 0 Å². The van der Waals surface area contributed by atoms with Crippen LogP contribution in [-0.4, -0.2) is 27.8 Å². The van der Waals surface area contributed by atoms with Gasteiger partial charge in [0, 0.05) is 21.8 Å². The number of carbonyl (C=O) groups is 1. The van der Waals surface area contributed by atoms with Crippen molar-refractivity contribution in [3.63, 3.8) is 0 Å². The number of thiophene rings is 1. The molecule has 3 rings (SSSR count). The predicted octanol–water partition coefficient (Wildman–Crippen LogP) is 2.40. The van der Waals surface area contributed by atoms with E-state index in [4.69, 9.17) is 0 Å². The first-order valence-electron chi connectivity index (χ1n) is 6.60. The summed E-state index contributed by atoms with van der Waals surface area (Å²) >= 11 is 1.54. The standard InChI is InChI=1S/C15H15N3O2S/c1-9-11(7-17-18-9)15(20)16-8-12(19)14-6-10-4-2-3-5-13(10)21-14/h2-7,12,19H,8H2,1H3,(H,16,20)(H,17,18)/t12-/m0/s1. The number of aromatic nitrogens is 2. The molecule has 0 aliphatic rings. The van der Waals surface area contributed by atoms with Crippen LogP contribution in [0.1, 0.15) is 27.0 Å². The van der Waals surface area contributed by atoms with Crippen molar-refractivity contribution in [2.24, 2.45) is 0 Å². The third-order valence-corrected chi connectivity index (χ3v) is 4.52. The molecule has 3 N–H and O–H groups in total. The number of aromatic amines is 1. The minimum atomic E-state index is -0.710. The molecule has 6 heteroatoms. The lowest BCUT2D eigenvalue weighted by molar-refractivity contribution is 0.0917. The van der Waals surface area contributed by atoms with Crippen LogP contribution in [0.25, 0.3) is 10.1 Å². The van der Waals surface area contributed by atoms with Crippen LogP contribution in [0.2, 0.25) is 0 Å². The first-order valence-corrected chi connectivity index (χ1v) is 7.41. The highest BCUT2D eigenvalue weighted by Gasteiger charge is 2.15. The van der Waals surface area contributed by atoms with Crippen LogP contribution >= 0.6 is 11.3 Å². The van der Waals surface area contributed by atoms with E-state index < -0.39 is 6.10 Å². The molecule has 0 spiro atoms. The Balaban J connectivity index is 1.67. The Hall–Kier alpha value is -2.18. The van der Waals surface area contributed by atoms with Gasteiger partial charge in [-0.15, -0.1) is 11.3 Å². The maximum absolute atomic E-state index is 12.0. The minimum Gasteiger partial charge on any atom is -0.386 e. The first kappa shape index (κ1) is 13.8. The van der Waals surface area contributed by atoms with Crippen molar-refractivity contribution in [1.82, 2.24) is 15.5 Å². The molecular formula is C15H15N3O2S. The quantitative estimate of drug-likeness (QED) is 0.692. The van der Waals surface area contributed by atoms with E-state index in [2.05, 4.69) is 15.5 Å². The molecule has 0 unspecified atom stereocenters. The van der Waals surface area contributed by atoms with Gasteiger partial charge in [0.1, 0.15) is 6.10 Å². The summed E-state index contributed by atoms with van der Waals surface area (Å²) in [5, 5.41) is 20.6. The molecule has 21 heavy (non-hydrogen) atoms. The lowest BCUT2D eigenvalue weighted by Gasteiger charge is -2.09. The Bertz CT molecular complexity index is 745. The highest BCUT2D eigenvalue weighted by molar-refractivity contribution is 7.19. The topological polar surface area (TPSA) is 78.0 Å². The number of aliphatic hydroxyl groups excluding tert-OH is 1. The number of H-pyrrole nitrogens is 1. The second kappa shape index (κ2) is 5.67. The van der Waals surface area contributed by atoms with Gasteiger partial charge < -0.3 is 10.4 Å². The van der Waals surface area contributed by atoms with Crippen molar-refractivity contribution in [2.75, 3.05) is 6.54 Å². The first-order chi connectivity index (χ1) is 10.1. The average molecular weight is 301 g/mol. The molecule has 5 nitrogen and oxygen atoms in total. The zero-order chi connectivity index (χ0) is 14.8. The molecule has 3 aromatic rings. The average Bonchev–Trinajstić information content (AvgIpc) is 3.10. The summed E-state index contributed by atoms with van der Waals surface area (Å²) in [4.78, 5) is 12.8. The smallest absolute Gasteiger partial charge is 0.254 e. The van der Waals surface area contributed by atoms with Gasteiger partial charge in [0.05, 0.1) is 11.8 Å². The molecule has 2 aromatic heterocycles. The molecule has 0 fully saturated rings. The van der Waals surface area contributed by atoms with Gasteiger partial charge in [0.25, 0.3) is 5.91 Å². The fraction of sp³-hybridized carbons (Fsp3) is 0.200. The van der Waals surface area contributed by atoms with Gasteiger partial charge in [0.15, 0.2) is 0 Å². The second-order valence-electron chi connectivity index (χ2n) is 4.82. The lowest BCUT2D eigenvalue weighted by Crippen LogP contribution is -2.28. The molecule has 0 aliphatic carbocycles. The van der Waals surface area contributed by atoms with Gasteiger partial charge in [-0.3, -0.25) is 9.89 Å². The Morgan fingerprint density at radius 3 is 3.00 bits per heavy atom. The van der Waals surface area contributed by atoms with E-state index in [0.717, 1.165) is 15.0 Å². The number of aryl methyl sites for hydroxylation is 1. The monoisotopic (exact) mass is 301 g/mol. The summed E-state index contributed by atoms with van der Waals surface area (Å²) in [5.41, 5.74) is 1.21. The molecular weight excluding hydrogens is 286 g/mol. The molecule has 1 amide bonds. The normalized spacial score (nSPS) is 12.5. The maximum atomic E-state index is 12.0. The fourth-order valence-corrected chi connectivity index (χ4v) is 3.18. The number of hydrogen-bond donors (Lipinski definition) is 3. The van der Waals surface area contributed by atoms with Crippen LogP contribution in [0.15, 0.2) is 36.5 Å². The number of amides is 1. The van der Waals surface area contributed by atoms with Gasteiger partial charge >= 0.3 is 0 Å². The number of carbonyl (C=O) groups excluding carboxylic acids is 1. The highest BCUT2D eigenvalue weighted by atomic mass is 32.1. The zero-order valence-corrected chi connectivity index (χ0v) is 12.3. The van der Waals surface area contributed by atoms with Gasteiger partial charge in [-0.25, -0.2) is 0 Å².